The topological polar surface area (TPSA) is 86.7 Å². The molecule has 0 aromatic heterocycles. The van der Waals surface area contributed by atoms with E-state index in [1.807, 2.05) is 6.92 Å². The Morgan fingerprint density at radius 1 is 1.07 bits per heavy atom. The number of hydrogen-bond acceptors (Lipinski definition) is 4. The molecule has 150 valence electrons. The van der Waals surface area contributed by atoms with E-state index in [4.69, 9.17) is 0 Å². The van der Waals surface area contributed by atoms with Crippen molar-refractivity contribution in [3.63, 3.8) is 0 Å². The van der Waals surface area contributed by atoms with Crippen LogP contribution >= 0.6 is 0 Å². The molecule has 1 amide bonds. The number of aliphatic hydroxyl groups is 1. The van der Waals surface area contributed by atoms with Gasteiger partial charge in [-0.15, -0.1) is 0 Å². The third-order valence-electron chi connectivity index (χ3n) is 5.82. The molecule has 1 atom stereocenters. The standard InChI is InChI=1S/C20H30N2O4S/c1-15-7-9-18(10-8-15)27(25,26)22-13-11-17(12-14-22)21-20(24)19(23)16-5-3-2-4-6-16/h7-10,16-17,19,23H,2-6,11-14H2,1H3,(H,21,24). The van der Waals surface area contributed by atoms with Crippen molar-refractivity contribution in [1.82, 2.24) is 9.62 Å². The maximum atomic E-state index is 12.7. The van der Waals surface area contributed by atoms with Gasteiger partial charge in [0.05, 0.1) is 4.90 Å². The highest BCUT2D eigenvalue weighted by molar-refractivity contribution is 7.89. The fourth-order valence-corrected chi connectivity index (χ4v) is 5.52. The molecule has 7 heteroatoms. The van der Waals surface area contributed by atoms with Gasteiger partial charge in [0.1, 0.15) is 6.10 Å². The summed E-state index contributed by atoms with van der Waals surface area (Å²) >= 11 is 0. The van der Waals surface area contributed by atoms with Gasteiger partial charge in [-0.1, -0.05) is 37.0 Å². The molecule has 1 saturated carbocycles. The van der Waals surface area contributed by atoms with Crippen molar-refractivity contribution < 1.29 is 18.3 Å². The minimum absolute atomic E-state index is 0.0563. The minimum Gasteiger partial charge on any atom is -0.383 e. The van der Waals surface area contributed by atoms with Gasteiger partial charge in [0.25, 0.3) is 0 Å². The van der Waals surface area contributed by atoms with Crippen molar-refractivity contribution in [3.05, 3.63) is 29.8 Å². The average molecular weight is 395 g/mol. The van der Waals surface area contributed by atoms with E-state index in [0.29, 0.717) is 30.8 Å². The Hall–Kier alpha value is -1.44. The average Bonchev–Trinajstić information content (AvgIpc) is 2.69. The van der Waals surface area contributed by atoms with Gasteiger partial charge < -0.3 is 10.4 Å². The van der Waals surface area contributed by atoms with Crippen LogP contribution in [0, 0.1) is 12.8 Å². The van der Waals surface area contributed by atoms with Crippen molar-refractivity contribution in [2.24, 2.45) is 5.92 Å². The number of piperidine rings is 1. The van der Waals surface area contributed by atoms with Gasteiger partial charge >= 0.3 is 0 Å². The maximum absolute atomic E-state index is 12.7. The summed E-state index contributed by atoms with van der Waals surface area (Å²) in [5.74, 6) is -0.248. The molecule has 2 N–H and O–H groups in total. The van der Waals surface area contributed by atoms with Gasteiger partial charge in [-0.3, -0.25) is 4.79 Å². The van der Waals surface area contributed by atoms with Crippen molar-refractivity contribution >= 4 is 15.9 Å². The lowest BCUT2D eigenvalue weighted by atomic mass is 9.85. The van der Waals surface area contributed by atoms with Gasteiger partial charge in [0, 0.05) is 19.1 Å². The van der Waals surface area contributed by atoms with Gasteiger partial charge in [-0.25, -0.2) is 8.42 Å². The number of aryl methyl sites for hydroxylation is 1. The van der Waals surface area contributed by atoms with E-state index < -0.39 is 16.1 Å². The van der Waals surface area contributed by atoms with Crippen LogP contribution in [0.3, 0.4) is 0 Å². The van der Waals surface area contributed by atoms with Crippen LogP contribution in [-0.2, 0) is 14.8 Å². The molecule has 2 aliphatic rings. The summed E-state index contributed by atoms with van der Waals surface area (Å²) in [7, 11) is -3.49. The number of nitrogens with zero attached hydrogens (tertiary/aromatic N) is 1. The first-order chi connectivity index (χ1) is 12.9. The predicted octanol–water partition coefficient (Wildman–Crippen LogP) is 2.21. The Morgan fingerprint density at radius 2 is 1.67 bits per heavy atom. The van der Waals surface area contributed by atoms with Crippen molar-refractivity contribution in [1.29, 1.82) is 0 Å². The second kappa shape index (κ2) is 8.71. The zero-order chi connectivity index (χ0) is 19.4. The summed E-state index contributed by atoms with van der Waals surface area (Å²) < 4.78 is 27.0. The highest BCUT2D eigenvalue weighted by Crippen LogP contribution is 2.27. The first kappa shape index (κ1) is 20.3. The first-order valence-electron chi connectivity index (χ1n) is 9.93. The largest absolute Gasteiger partial charge is 0.383 e. The highest BCUT2D eigenvalue weighted by atomic mass is 32.2. The van der Waals surface area contributed by atoms with Gasteiger partial charge in [-0.2, -0.15) is 4.31 Å². The van der Waals surface area contributed by atoms with Gasteiger partial charge in [0.15, 0.2) is 0 Å². The highest BCUT2D eigenvalue weighted by Gasteiger charge is 2.32. The molecular formula is C20H30N2O4S. The summed E-state index contributed by atoms with van der Waals surface area (Å²) in [6.45, 7) is 2.67. The lowest BCUT2D eigenvalue weighted by molar-refractivity contribution is -0.133. The molecule has 1 aromatic carbocycles. The van der Waals surface area contributed by atoms with Crippen LogP contribution in [0.4, 0.5) is 0 Å². The van der Waals surface area contributed by atoms with E-state index >= 15 is 0 Å². The van der Waals surface area contributed by atoms with E-state index in [-0.39, 0.29) is 17.9 Å². The molecule has 1 unspecified atom stereocenters. The van der Waals surface area contributed by atoms with Crippen LogP contribution < -0.4 is 5.32 Å². The number of amides is 1. The summed E-state index contributed by atoms with van der Waals surface area (Å²) in [6, 6.07) is 6.79. The van der Waals surface area contributed by atoms with Crippen LogP contribution in [0.25, 0.3) is 0 Å². The van der Waals surface area contributed by atoms with E-state index in [1.54, 1.807) is 24.3 Å². The van der Waals surface area contributed by atoms with Crippen molar-refractivity contribution in [2.45, 2.75) is 68.9 Å². The SMILES string of the molecule is Cc1ccc(S(=O)(=O)N2CCC(NC(=O)C(O)C3CCCCC3)CC2)cc1. The zero-order valence-electron chi connectivity index (χ0n) is 15.9. The number of rotatable bonds is 5. The van der Waals surface area contributed by atoms with Crippen LogP contribution in [0.1, 0.15) is 50.5 Å². The fraction of sp³-hybridized carbons (Fsp3) is 0.650. The normalized spacial score (nSPS) is 21.7. The third kappa shape index (κ3) is 4.89. The van der Waals surface area contributed by atoms with Gasteiger partial charge in [-0.05, 0) is 50.7 Å². The molecule has 2 fully saturated rings. The molecule has 0 spiro atoms. The molecule has 0 bridgehead atoms. The molecular weight excluding hydrogens is 364 g/mol. The number of benzene rings is 1. The van der Waals surface area contributed by atoms with Crippen LogP contribution in [0.15, 0.2) is 29.2 Å². The molecule has 1 heterocycles. The zero-order valence-corrected chi connectivity index (χ0v) is 16.7. The summed E-state index contributed by atoms with van der Waals surface area (Å²) in [6.07, 6.45) is 5.32. The lowest BCUT2D eigenvalue weighted by Crippen LogP contribution is -2.50. The molecule has 1 aliphatic heterocycles. The third-order valence-corrected chi connectivity index (χ3v) is 7.74. The Labute approximate surface area is 162 Å². The van der Waals surface area contributed by atoms with E-state index in [2.05, 4.69) is 5.32 Å². The van der Waals surface area contributed by atoms with E-state index in [1.165, 1.54) is 10.7 Å². The Bertz CT molecular complexity index is 734. The molecule has 3 rings (SSSR count). The smallest absolute Gasteiger partial charge is 0.249 e. The molecule has 6 nitrogen and oxygen atoms in total. The first-order valence-corrected chi connectivity index (χ1v) is 11.4. The lowest BCUT2D eigenvalue weighted by Gasteiger charge is -2.33. The number of carbonyl (C=O) groups excluding carboxylic acids is 1. The predicted molar refractivity (Wildman–Crippen MR) is 104 cm³/mol. The quantitative estimate of drug-likeness (QED) is 0.802. The Morgan fingerprint density at radius 3 is 2.26 bits per heavy atom. The fourth-order valence-electron chi connectivity index (χ4n) is 4.05. The number of sulfonamides is 1. The number of carbonyl (C=O) groups is 1. The van der Waals surface area contributed by atoms with E-state index in [0.717, 1.165) is 31.2 Å². The molecule has 1 aromatic rings. The number of aliphatic hydroxyl groups excluding tert-OH is 1. The van der Waals surface area contributed by atoms with Crippen LogP contribution in [-0.4, -0.2) is 49.0 Å². The molecule has 27 heavy (non-hydrogen) atoms. The Kier molecular flexibility index (Phi) is 6.55. The summed E-state index contributed by atoms with van der Waals surface area (Å²) in [5.41, 5.74) is 1.02. The second-order valence-corrected chi connectivity index (χ2v) is 9.78. The van der Waals surface area contributed by atoms with E-state index in [9.17, 15) is 18.3 Å². The summed E-state index contributed by atoms with van der Waals surface area (Å²) in [5, 5.41) is 13.2. The van der Waals surface area contributed by atoms with Crippen LogP contribution in [0.2, 0.25) is 0 Å². The Balaban J connectivity index is 1.52. The molecule has 1 saturated heterocycles. The number of nitrogens with one attached hydrogen (secondary N) is 1. The van der Waals surface area contributed by atoms with Crippen molar-refractivity contribution in [3.8, 4) is 0 Å². The summed E-state index contributed by atoms with van der Waals surface area (Å²) in [4.78, 5) is 12.7. The minimum atomic E-state index is -3.49. The molecule has 1 aliphatic carbocycles. The second-order valence-electron chi connectivity index (χ2n) is 7.84. The monoisotopic (exact) mass is 394 g/mol. The number of hydrogen-bond donors (Lipinski definition) is 2. The molecule has 0 radical (unpaired) electrons. The maximum Gasteiger partial charge on any atom is 0.249 e. The van der Waals surface area contributed by atoms with Crippen molar-refractivity contribution in [2.75, 3.05) is 13.1 Å². The van der Waals surface area contributed by atoms with Crippen LogP contribution in [0.5, 0.6) is 0 Å². The van der Waals surface area contributed by atoms with Gasteiger partial charge in [0.2, 0.25) is 15.9 Å².